The van der Waals surface area contributed by atoms with Gasteiger partial charge in [0.1, 0.15) is 5.82 Å². The van der Waals surface area contributed by atoms with Gasteiger partial charge in [-0.1, -0.05) is 24.6 Å². The molecule has 4 rings (SSSR count). The molecule has 5 heteroatoms. The lowest BCUT2D eigenvalue weighted by atomic mass is 10.1. The first-order valence-electron chi connectivity index (χ1n) is 8.62. The lowest BCUT2D eigenvalue weighted by Crippen LogP contribution is -2.24. The fourth-order valence-electron chi connectivity index (χ4n) is 3.28. The van der Waals surface area contributed by atoms with Gasteiger partial charge in [-0.2, -0.15) is 0 Å². The minimum atomic E-state index is -0.204. The molecule has 2 heterocycles. The van der Waals surface area contributed by atoms with E-state index in [0.717, 1.165) is 43.7 Å². The Morgan fingerprint density at radius 2 is 1.88 bits per heavy atom. The van der Waals surface area contributed by atoms with Gasteiger partial charge in [-0.15, -0.1) is 0 Å². The Kier molecular flexibility index (Phi) is 4.06. The highest BCUT2D eigenvalue weighted by molar-refractivity contribution is 6.06. The van der Waals surface area contributed by atoms with Crippen LogP contribution in [-0.4, -0.2) is 15.5 Å². The Morgan fingerprint density at radius 1 is 1.04 bits per heavy atom. The number of carbonyl (C=O) groups excluding carboxylic acids is 1. The lowest BCUT2D eigenvalue weighted by Gasteiger charge is -2.11. The summed E-state index contributed by atoms with van der Waals surface area (Å²) in [4.78, 5) is 29.9. The van der Waals surface area contributed by atoms with Crippen molar-refractivity contribution >= 4 is 22.5 Å². The summed E-state index contributed by atoms with van der Waals surface area (Å²) in [5.74, 6) is 0.626. The zero-order valence-electron chi connectivity index (χ0n) is 13.9. The monoisotopic (exact) mass is 333 g/mol. The van der Waals surface area contributed by atoms with E-state index >= 15 is 0 Å². The summed E-state index contributed by atoms with van der Waals surface area (Å²) in [6, 6.07) is 14.4. The summed E-state index contributed by atoms with van der Waals surface area (Å²) < 4.78 is 1.79. The summed E-state index contributed by atoms with van der Waals surface area (Å²) in [7, 11) is 0. The molecule has 1 aromatic heterocycles. The van der Waals surface area contributed by atoms with E-state index in [4.69, 9.17) is 0 Å². The summed E-state index contributed by atoms with van der Waals surface area (Å²) in [6.45, 7) is 0.730. The third-order valence-electron chi connectivity index (χ3n) is 4.61. The van der Waals surface area contributed by atoms with Gasteiger partial charge < -0.3 is 5.32 Å². The molecule has 1 aliphatic rings. The number of rotatable bonds is 2. The fourth-order valence-corrected chi connectivity index (χ4v) is 3.28. The second-order valence-corrected chi connectivity index (χ2v) is 6.35. The molecular formula is C20H19N3O2. The number of nitrogens with zero attached hydrogens (tertiary/aromatic N) is 2. The molecule has 126 valence electrons. The zero-order valence-corrected chi connectivity index (χ0v) is 13.9. The summed E-state index contributed by atoms with van der Waals surface area (Å²) in [6.07, 6.45) is 3.99. The number of benzene rings is 2. The van der Waals surface area contributed by atoms with Crippen molar-refractivity contribution in [3.8, 4) is 0 Å². The molecule has 0 spiro atoms. The van der Waals surface area contributed by atoms with E-state index in [9.17, 15) is 9.59 Å². The molecule has 25 heavy (non-hydrogen) atoms. The van der Waals surface area contributed by atoms with E-state index in [2.05, 4.69) is 10.3 Å². The number of aromatic nitrogens is 2. The molecule has 1 N–H and O–H groups in total. The van der Waals surface area contributed by atoms with Gasteiger partial charge in [0, 0.05) is 24.2 Å². The van der Waals surface area contributed by atoms with Crippen LogP contribution in [0.4, 0.5) is 5.69 Å². The van der Waals surface area contributed by atoms with Crippen molar-refractivity contribution in [3.05, 3.63) is 70.3 Å². The maximum absolute atomic E-state index is 12.7. The number of anilines is 1. The molecule has 0 saturated carbocycles. The highest BCUT2D eigenvalue weighted by Gasteiger charge is 2.15. The molecule has 0 unspecified atom stereocenters. The first-order chi connectivity index (χ1) is 12.2. The fraction of sp³-hybridized carbons (Fsp3) is 0.250. The maximum Gasteiger partial charge on any atom is 0.261 e. The van der Waals surface area contributed by atoms with Gasteiger partial charge >= 0.3 is 0 Å². The predicted octanol–water partition coefficient (Wildman–Crippen LogP) is 3.38. The molecule has 3 aromatic rings. The highest BCUT2D eigenvalue weighted by atomic mass is 16.1. The van der Waals surface area contributed by atoms with Crippen molar-refractivity contribution in [2.24, 2.45) is 0 Å². The van der Waals surface area contributed by atoms with Crippen molar-refractivity contribution in [2.75, 3.05) is 5.32 Å². The number of carbonyl (C=O) groups is 1. The topological polar surface area (TPSA) is 64.0 Å². The van der Waals surface area contributed by atoms with Crippen molar-refractivity contribution in [2.45, 2.75) is 32.2 Å². The number of para-hydroxylation sites is 1. The molecule has 2 aromatic carbocycles. The van der Waals surface area contributed by atoms with Crippen LogP contribution in [0.15, 0.2) is 53.3 Å². The Labute approximate surface area is 145 Å². The number of aryl methyl sites for hydroxylation is 1. The van der Waals surface area contributed by atoms with E-state index in [1.165, 1.54) is 0 Å². The van der Waals surface area contributed by atoms with Crippen LogP contribution in [0, 0.1) is 0 Å². The van der Waals surface area contributed by atoms with Crippen LogP contribution in [0.1, 0.15) is 35.4 Å². The minimum absolute atomic E-state index is 0.00285. The first kappa shape index (κ1) is 15.6. The lowest BCUT2D eigenvalue weighted by molar-refractivity contribution is 0.102. The summed E-state index contributed by atoms with van der Waals surface area (Å²) in [5, 5.41) is 3.43. The normalized spacial score (nSPS) is 13.9. The average molecular weight is 333 g/mol. The van der Waals surface area contributed by atoms with E-state index in [1.807, 2.05) is 30.3 Å². The second-order valence-electron chi connectivity index (χ2n) is 6.35. The largest absolute Gasteiger partial charge is 0.322 e. The van der Waals surface area contributed by atoms with Crippen LogP contribution in [0.5, 0.6) is 0 Å². The highest BCUT2D eigenvalue weighted by Crippen LogP contribution is 2.17. The standard InChI is InChI=1S/C20H19N3O2/c24-19(21-15-7-3-1-4-8-15)14-10-11-16-17(13-14)22-18-9-5-2-6-12-23(18)20(16)25/h1,3-4,7-8,10-11,13H,2,5-6,9,12H2,(H,21,24). The van der Waals surface area contributed by atoms with Crippen molar-refractivity contribution in [1.29, 1.82) is 0 Å². The zero-order chi connectivity index (χ0) is 17.2. The molecular weight excluding hydrogens is 314 g/mol. The molecule has 0 aliphatic carbocycles. The van der Waals surface area contributed by atoms with Crippen LogP contribution in [0.3, 0.4) is 0 Å². The van der Waals surface area contributed by atoms with Crippen LogP contribution in [0.2, 0.25) is 0 Å². The molecule has 0 atom stereocenters. The van der Waals surface area contributed by atoms with Crippen LogP contribution in [0.25, 0.3) is 10.9 Å². The van der Waals surface area contributed by atoms with Crippen molar-refractivity contribution < 1.29 is 4.79 Å². The van der Waals surface area contributed by atoms with Gasteiger partial charge in [0.15, 0.2) is 0 Å². The van der Waals surface area contributed by atoms with Crippen LogP contribution >= 0.6 is 0 Å². The van der Waals surface area contributed by atoms with Crippen molar-refractivity contribution in [3.63, 3.8) is 0 Å². The van der Waals surface area contributed by atoms with Crippen LogP contribution in [-0.2, 0) is 13.0 Å². The smallest absolute Gasteiger partial charge is 0.261 e. The molecule has 1 amide bonds. The molecule has 5 nitrogen and oxygen atoms in total. The SMILES string of the molecule is O=C(Nc1ccccc1)c1ccc2c(=O)n3c(nc2c1)CCCCC3. The van der Waals surface area contributed by atoms with Gasteiger partial charge in [0.25, 0.3) is 11.5 Å². The van der Waals surface area contributed by atoms with E-state index in [-0.39, 0.29) is 11.5 Å². The number of fused-ring (bicyclic) bond motifs is 2. The van der Waals surface area contributed by atoms with Gasteiger partial charge in [-0.05, 0) is 43.2 Å². The average Bonchev–Trinajstić information content (AvgIpc) is 2.88. The van der Waals surface area contributed by atoms with Gasteiger partial charge in [0.2, 0.25) is 0 Å². The number of hydrogen-bond acceptors (Lipinski definition) is 3. The molecule has 0 bridgehead atoms. The summed E-state index contributed by atoms with van der Waals surface area (Å²) >= 11 is 0. The Morgan fingerprint density at radius 3 is 2.72 bits per heavy atom. The molecule has 0 radical (unpaired) electrons. The maximum atomic E-state index is 12.7. The van der Waals surface area contributed by atoms with Crippen molar-refractivity contribution in [1.82, 2.24) is 9.55 Å². The third kappa shape index (κ3) is 3.05. The Balaban J connectivity index is 1.72. The first-order valence-corrected chi connectivity index (χ1v) is 8.62. The third-order valence-corrected chi connectivity index (χ3v) is 4.61. The number of amides is 1. The number of nitrogens with one attached hydrogen (secondary N) is 1. The predicted molar refractivity (Wildman–Crippen MR) is 98.0 cm³/mol. The van der Waals surface area contributed by atoms with E-state index in [1.54, 1.807) is 22.8 Å². The summed E-state index contributed by atoms with van der Waals surface area (Å²) in [5.41, 5.74) is 1.83. The second kappa shape index (κ2) is 6.51. The molecule has 0 fully saturated rings. The van der Waals surface area contributed by atoms with Gasteiger partial charge in [-0.25, -0.2) is 4.98 Å². The van der Waals surface area contributed by atoms with Crippen LogP contribution < -0.4 is 10.9 Å². The Hall–Kier alpha value is -2.95. The van der Waals surface area contributed by atoms with E-state index < -0.39 is 0 Å². The van der Waals surface area contributed by atoms with Gasteiger partial charge in [-0.3, -0.25) is 14.2 Å². The van der Waals surface area contributed by atoms with Gasteiger partial charge in [0.05, 0.1) is 10.9 Å². The number of hydrogen-bond donors (Lipinski definition) is 1. The minimum Gasteiger partial charge on any atom is -0.322 e. The quantitative estimate of drug-likeness (QED) is 0.782. The molecule has 1 aliphatic heterocycles. The van der Waals surface area contributed by atoms with E-state index in [0.29, 0.717) is 16.5 Å². The Bertz CT molecular complexity index is 993. The molecule has 0 saturated heterocycles.